The van der Waals surface area contributed by atoms with Crippen LogP contribution in [-0.4, -0.2) is 39.0 Å². The van der Waals surface area contributed by atoms with Gasteiger partial charge in [-0.15, -0.1) is 10.2 Å². The van der Waals surface area contributed by atoms with Crippen LogP contribution in [0.4, 0.5) is 0 Å². The summed E-state index contributed by atoms with van der Waals surface area (Å²) < 4.78 is 12.4. The van der Waals surface area contributed by atoms with Crippen molar-refractivity contribution in [2.45, 2.75) is 65.1 Å². The summed E-state index contributed by atoms with van der Waals surface area (Å²) in [6.45, 7) is 5.05. The maximum Gasteiger partial charge on any atom is 0.220 e. The molecule has 8 heteroatoms. The van der Waals surface area contributed by atoms with E-state index in [0.717, 1.165) is 54.5 Å². The Kier molecular flexibility index (Phi) is 5.47. The van der Waals surface area contributed by atoms with E-state index >= 15 is 0 Å². The molecule has 1 aliphatic rings. The van der Waals surface area contributed by atoms with Gasteiger partial charge in [0.25, 0.3) is 0 Å². The largest absolute Gasteiger partial charge is 0.377 e. The average molecular weight is 347 g/mol. The molecule has 2 aromatic heterocycles. The van der Waals surface area contributed by atoms with Crippen molar-refractivity contribution < 1.29 is 14.1 Å². The van der Waals surface area contributed by atoms with Crippen LogP contribution in [0.5, 0.6) is 0 Å². The van der Waals surface area contributed by atoms with Gasteiger partial charge >= 0.3 is 0 Å². The Morgan fingerprint density at radius 3 is 2.92 bits per heavy atom. The van der Waals surface area contributed by atoms with Gasteiger partial charge in [0.15, 0.2) is 5.82 Å². The quantitative estimate of drug-likeness (QED) is 0.850. The molecule has 0 aliphatic carbocycles. The van der Waals surface area contributed by atoms with E-state index in [0.29, 0.717) is 19.4 Å². The van der Waals surface area contributed by atoms with Gasteiger partial charge in [-0.3, -0.25) is 4.79 Å². The lowest BCUT2D eigenvalue weighted by Crippen LogP contribution is -2.35. The first-order valence-corrected chi connectivity index (χ1v) is 8.69. The third kappa shape index (κ3) is 4.07. The topological polar surface area (TPSA) is 95.1 Å². The van der Waals surface area contributed by atoms with Crippen LogP contribution in [0.25, 0.3) is 0 Å². The molecule has 136 valence electrons. The maximum absolute atomic E-state index is 12.3. The summed E-state index contributed by atoms with van der Waals surface area (Å²) in [6, 6.07) is 0.161. The molecule has 1 amide bonds. The Morgan fingerprint density at radius 2 is 2.20 bits per heavy atom. The number of nitrogens with one attached hydrogen (secondary N) is 1. The molecule has 3 heterocycles. The third-order valence-electron chi connectivity index (χ3n) is 4.74. The highest BCUT2D eigenvalue weighted by atomic mass is 16.5. The fourth-order valence-electron chi connectivity index (χ4n) is 3.33. The second-order valence-corrected chi connectivity index (χ2v) is 6.51. The number of rotatable bonds is 6. The Bertz CT molecular complexity index is 717. The number of ether oxygens (including phenoxy) is 1. The standard InChI is InChI=1S/C17H25N5O3/c1-11-14(12(2)25-21-11)5-7-17(23)18-13-4-6-15-19-20-16(10-24-3)22(15)9-8-13/h13H,4-10H2,1-3H3,(H,18,23). The molecule has 0 saturated carbocycles. The van der Waals surface area contributed by atoms with Crippen LogP contribution >= 0.6 is 0 Å². The van der Waals surface area contributed by atoms with Crippen molar-refractivity contribution in [3.8, 4) is 0 Å². The number of carbonyl (C=O) groups excluding carboxylic acids is 1. The van der Waals surface area contributed by atoms with Gasteiger partial charge in [0, 0.05) is 38.1 Å². The lowest BCUT2D eigenvalue weighted by Gasteiger charge is -2.16. The van der Waals surface area contributed by atoms with Crippen LogP contribution in [0, 0.1) is 13.8 Å². The molecule has 1 aliphatic heterocycles. The Labute approximate surface area is 146 Å². The van der Waals surface area contributed by atoms with Crippen LogP contribution in [0.3, 0.4) is 0 Å². The Hall–Kier alpha value is -2.22. The molecule has 0 radical (unpaired) electrons. The van der Waals surface area contributed by atoms with E-state index in [9.17, 15) is 4.79 Å². The molecule has 3 rings (SSSR count). The molecule has 2 aromatic rings. The van der Waals surface area contributed by atoms with Gasteiger partial charge in [0.05, 0.1) is 5.69 Å². The van der Waals surface area contributed by atoms with Gasteiger partial charge in [0.1, 0.15) is 18.2 Å². The van der Waals surface area contributed by atoms with Crippen molar-refractivity contribution >= 4 is 5.91 Å². The lowest BCUT2D eigenvalue weighted by atomic mass is 10.1. The number of carbonyl (C=O) groups is 1. The second-order valence-electron chi connectivity index (χ2n) is 6.51. The first-order chi connectivity index (χ1) is 12.1. The number of amides is 1. The van der Waals surface area contributed by atoms with Gasteiger partial charge in [-0.2, -0.15) is 0 Å². The summed E-state index contributed by atoms with van der Waals surface area (Å²) in [5.41, 5.74) is 1.90. The molecule has 1 atom stereocenters. The molecular formula is C17H25N5O3. The highest BCUT2D eigenvalue weighted by molar-refractivity contribution is 5.76. The minimum absolute atomic E-state index is 0.0692. The van der Waals surface area contributed by atoms with E-state index in [1.54, 1.807) is 7.11 Å². The zero-order valence-electron chi connectivity index (χ0n) is 15.0. The van der Waals surface area contributed by atoms with Crippen molar-refractivity contribution in [3.63, 3.8) is 0 Å². The van der Waals surface area contributed by atoms with Gasteiger partial charge in [0.2, 0.25) is 5.91 Å². The van der Waals surface area contributed by atoms with Crippen LogP contribution < -0.4 is 5.32 Å². The first kappa shape index (κ1) is 17.6. The van der Waals surface area contributed by atoms with Gasteiger partial charge in [-0.05, 0) is 33.1 Å². The van der Waals surface area contributed by atoms with Crippen molar-refractivity contribution in [3.05, 3.63) is 28.7 Å². The number of hydrogen-bond donors (Lipinski definition) is 1. The number of nitrogens with zero attached hydrogens (tertiary/aromatic N) is 4. The molecule has 0 bridgehead atoms. The molecule has 25 heavy (non-hydrogen) atoms. The lowest BCUT2D eigenvalue weighted by molar-refractivity contribution is -0.121. The van der Waals surface area contributed by atoms with Gasteiger partial charge < -0.3 is 19.1 Å². The second kappa shape index (κ2) is 7.77. The van der Waals surface area contributed by atoms with E-state index < -0.39 is 0 Å². The molecule has 1 unspecified atom stereocenters. The van der Waals surface area contributed by atoms with E-state index in [4.69, 9.17) is 9.26 Å². The van der Waals surface area contributed by atoms with Crippen molar-refractivity contribution in [2.24, 2.45) is 0 Å². The van der Waals surface area contributed by atoms with E-state index in [2.05, 4.69) is 25.2 Å². The minimum atomic E-state index is 0.0692. The number of aromatic nitrogens is 4. The number of aryl methyl sites for hydroxylation is 3. The van der Waals surface area contributed by atoms with Gasteiger partial charge in [-0.1, -0.05) is 5.16 Å². The molecule has 0 spiro atoms. The smallest absolute Gasteiger partial charge is 0.220 e. The number of hydrogen-bond acceptors (Lipinski definition) is 6. The molecular weight excluding hydrogens is 322 g/mol. The minimum Gasteiger partial charge on any atom is -0.377 e. The fourth-order valence-corrected chi connectivity index (χ4v) is 3.33. The third-order valence-corrected chi connectivity index (χ3v) is 4.74. The van der Waals surface area contributed by atoms with E-state index in [-0.39, 0.29) is 11.9 Å². The predicted octanol–water partition coefficient (Wildman–Crippen LogP) is 1.48. The number of fused-ring (bicyclic) bond motifs is 1. The predicted molar refractivity (Wildman–Crippen MR) is 89.9 cm³/mol. The summed E-state index contributed by atoms with van der Waals surface area (Å²) in [5, 5.41) is 15.5. The normalized spacial score (nSPS) is 17.2. The van der Waals surface area contributed by atoms with Crippen LogP contribution in [0.1, 0.15) is 47.9 Å². The maximum atomic E-state index is 12.3. The van der Waals surface area contributed by atoms with Crippen molar-refractivity contribution in [2.75, 3.05) is 7.11 Å². The molecule has 8 nitrogen and oxygen atoms in total. The SMILES string of the molecule is COCc1nnc2n1CCC(NC(=O)CCc1c(C)noc1C)CC2. The monoisotopic (exact) mass is 347 g/mol. The molecule has 0 saturated heterocycles. The summed E-state index contributed by atoms with van der Waals surface area (Å²) in [5.74, 6) is 2.69. The average Bonchev–Trinajstić information content (AvgIpc) is 3.04. The summed E-state index contributed by atoms with van der Waals surface area (Å²) >= 11 is 0. The van der Waals surface area contributed by atoms with Crippen LogP contribution in [-0.2, 0) is 35.5 Å². The van der Waals surface area contributed by atoms with E-state index in [1.165, 1.54) is 0 Å². The molecule has 1 N–H and O–H groups in total. The van der Waals surface area contributed by atoms with Crippen LogP contribution in [0.15, 0.2) is 4.52 Å². The Morgan fingerprint density at radius 1 is 1.36 bits per heavy atom. The Balaban J connectivity index is 1.51. The zero-order valence-corrected chi connectivity index (χ0v) is 15.0. The highest BCUT2D eigenvalue weighted by Gasteiger charge is 2.21. The zero-order chi connectivity index (χ0) is 17.8. The first-order valence-electron chi connectivity index (χ1n) is 8.69. The van der Waals surface area contributed by atoms with Gasteiger partial charge in [-0.25, -0.2) is 0 Å². The summed E-state index contributed by atoms with van der Waals surface area (Å²) in [6.07, 6.45) is 3.66. The molecule has 0 fully saturated rings. The summed E-state index contributed by atoms with van der Waals surface area (Å²) in [4.78, 5) is 12.3. The highest BCUT2D eigenvalue weighted by Crippen LogP contribution is 2.17. The molecule has 0 aromatic carbocycles. The van der Waals surface area contributed by atoms with E-state index in [1.807, 2.05) is 13.8 Å². The number of methoxy groups -OCH3 is 1. The summed E-state index contributed by atoms with van der Waals surface area (Å²) in [7, 11) is 1.65. The van der Waals surface area contributed by atoms with Crippen LogP contribution in [0.2, 0.25) is 0 Å². The van der Waals surface area contributed by atoms with Crippen molar-refractivity contribution in [1.82, 2.24) is 25.2 Å². The fraction of sp³-hybridized carbons (Fsp3) is 0.647. The van der Waals surface area contributed by atoms with Crippen molar-refractivity contribution in [1.29, 1.82) is 0 Å².